The lowest BCUT2D eigenvalue weighted by atomic mass is 9.89. The Bertz CT molecular complexity index is 719. The van der Waals surface area contributed by atoms with E-state index in [-0.39, 0.29) is 17.0 Å². The zero-order valence-electron chi connectivity index (χ0n) is 13.0. The molecule has 0 aliphatic heterocycles. The predicted molar refractivity (Wildman–Crippen MR) is 89.2 cm³/mol. The number of nitrogens with one attached hydrogen (secondary N) is 2. The molecule has 5 heteroatoms. The standard InChI is InChI=1S/C18H21N3O2/c22-17(20-12-13-4-2-1-3-5-13)15-6-7-16(21-18(15)23)14-8-10-19-11-9-14/h6-11,13H,1-5,12H2,(H,20,22)(H,21,23). The summed E-state index contributed by atoms with van der Waals surface area (Å²) in [6, 6.07) is 6.97. The lowest BCUT2D eigenvalue weighted by Crippen LogP contribution is -2.33. The summed E-state index contributed by atoms with van der Waals surface area (Å²) < 4.78 is 0. The summed E-state index contributed by atoms with van der Waals surface area (Å²) in [4.78, 5) is 31.1. The fourth-order valence-corrected chi connectivity index (χ4v) is 3.08. The van der Waals surface area contributed by atoms with Crippen molar-refractivity contribution < 1.29 is 4.79 Å². The quantitative estimate of drug-likeness (QED) is 0.911. The van der Waals surface area contributed by atoms with Gasteiger partial charge in [0.05, 0.1) is 0 Å². The summed E-state index contributed by atoms with van der Waals surface area (Å²) in [6.45, 7) is 0.657. The number of carbonyl (C=O) groups excluding carboxylic acids is 1. The summed E-state index contributed by atoms with van der Waals surface area (Å²) in [5.41, 5.74) is 1.35. The van der Waals surface area contributed by atoms with E-state index in [4.69, 9.17) is 0 Å². The Balaban J connectivity index is 1.68. The second kappa shape index (κ2) is 7.22. The number of nitrogens with zero attached hydrogens (tertiary/aromatic N) is 1. The highest BCUT2D eigenvalue weighted by molar-refractivity contribution is 5.94. The molecule has 0 spiro atoms. The van der Waals surface area contributed by atoms with Crippen molar-refractivity contribution in [2.45, 2.75) is 32.1 Å². The summed E-state index contributed by atoms with van der Waals surface area (Å²) in [7, 11) is 0. The van der Waals surface area contributed by atoms with Crippen LogP contribution in [0.1, 0.15) is 42.5 Å². The molecule has 1 fully saturated rings. The van der Waals surface area contributed by atoms with E-state index in [2.05, 4.69) is 15.3 Å². The second-order valence-corrected chi connectivity index (χ2v) is 6.06. The van der Waals surface area contributed by atoms with Crippen LogP contribution in [-0.4, -0.2) is 22.4 Å². The molecule has 0 saturated heterocycles. The average molecular weight is 311 g/mol. The second-order valence-electron chi connectivity index (χ2n) is 6.06. The maximum atomic E-state index is 12.2. The number of H-pyrrole nitrogens is 1. The minimum absolute atomic E-state index is 0.165. The molecule has 23 heavy (non-hydrogen) atoms. The van der Waals surface area contributed by atoms with Gasteiger partial charge in [-0.15, -0.1) is 0 Å². The molecule has 2 aromatic rings. The molecule has 3 rings (SSSR count). The first kappa shape index (κ1) is 15.5. The summed E-state index contributed by atoms with van der Waals surface area (Å²) >= 11 is 0. The van der Waals surface area contributed by atoms with Crippen molar-refractivity contribution in [1.29, 1.82) is 0 Å². The Labute approximate surface area is 135 Å². The molecular weight excluding hydrogens is 290 g/mol. The van der Waals surface area contributed by atoms with E-state index in [1.807, 2.05) is 12.1 Å². The molecule has 2 aromatic heterocycles. The number of amides is 1. The number of hydrogen-bond donors (Lipinski definition) is 2. The van der Waals surface area contributed by atoms with E-state index in [0.717, 1.165) is 18.4 Å². The summed E-state index contributed by atoms with van der Waals surface area (Å²) in [5.74, 6) is 0.251. The summed E-state index contributed by atoms with van der Waals surface area (Å²) in [6.07, 6.45) is 9.43. The van der Waals surface area contributed by atoms with Crippen LogP contribution in [-0.2, 0) is 0 Å². The number of aromatic nitrogens is 2. The van der Waals surface area contributed by atoms with Gasteiger partial charge in [-0.2, -0.15) is 0 Å². The lowest BCUT2D eigenvalue weighted by Gasteiger charge is -2.21. The third-order valence-corrected chi connectivity index (χ3v) is 4.42. The highest BCUT2D eigenvalue weighted by Gasteiger charge is 2.16. The smallest absolute Gasteiger partial charge is 0.261 e. The van der Waals surface area contributed by atoms with Crippen molar-refractivity contribution in [3.8, 4) is 11.3 Å². The Hall–Kier alpha value is -2.43. The van der Waals surface area contributed by atoms with Gasteiger partial charge >= 0.3 is 0 Å². The Morgan fingerprint density at radius 3 is 2.57 bits per heavy atom. The van der Waals surface area contributed by atoms with Crippen LogP contribution in [0.5, 0.6) is 0 Å². The SMILES string of the molecule is O=C(NCC1CCCCC1)c1ccc(-c2ccncc2)[nH]c1=O. The van der Waals surface area contributed by atoms with Crippen molar-refractivity contribution >= 4 is 5.91 Å². The van der Waals surface area contributed by atoms with Crippen molar-refractivity contribution in [1.82, 2.24) is 15.3 Å². The normalized spacial score (nSPS) is 15.3. The highest BCUT2D eigenvalue weighted by atomic mass is 16.2. The molecule has 1 saturated carbocycles. The molecule has 0 radical (unpaired) electrons. The minimum Gasteiger partial charge on any atom is -0.352 e. The van der Waals surface area contributed by atoms with Gasteiger partial charge in [0, 0.05) is 30.2 Å². The van der Waals surface area contributed by atoms with Crippen LogP contribution in [0.15, 0.2) is 41.5 Å². The monoisotopic (exact) mass is 311 g/mol. The summed E-state index contributed by atoms with van der Waals surface area (Å²) in [5, 5.41) is 2.90. The molecule has 120 valence electrons. The molecule has 5 nitrogen and oxygen atoms in total. The maximum absolute atomic E-state index is 12.2. The van der Waals surface area contributed by atoms with Crippen molar-refractivity contribution in [3.63, 3.8) is 0 Å². The fraction of sp³-hybridized carbons (Fsp3) is 0.389. The molecule has 0 unspecified atom stereocenters. The molecule has 0 bridgehead atoms. The minimum atomic E-state index is -0.361. The Morgan fingerprint density at radius 2 is 1.87 bits per heavy atom. The van der Waals surface area contributed by atoms with Crippen molar-refractivity contribution in [2.75, 3.05) is 6.54 Å². The zero-order chi connectivity index (χ0) is 16.1. The van der Waals surface area contributed by atoms with Gasteiger partial charge in [-0.25, -0.2) is 0 Å². The van der Waals surface area contributed by atoms with Gasteiger partial charge in [-0.05, 0) is 43.0 Å². The highest BCUT2D eigenvalue weighted by Crippen LogP contribution is 2.22. The van der Waals surface area contributed by atoms with E-state index in [1.165, 1.54) is 19.3 Å². The Kier molecular flexibility index (Phi) is 4.86. The van der Waals surface area contributed by atoms with Gasteiger partial charge in [0.2, 0.25) is 0 Å². The van der Waals surface area contributed by atoms with Crippen LogP contribution in [0, 0.1) is 5.92 Å². The van der Waals surface area contributed by atoms with Crippen LogP contribution in [0.4, 0.5) is 0 Å². The Morgan fingerprint density at radius 1 is 1.13 bits per heavy atom. The van der Waals surface area contributed by atoms with Gasteiger partial charge in [-0.3, -0.25) is 14.6 Å². The number of pyridine rings is 2. The third-order valence-electron chi connectivity index (χ3n) is 4.42. The number of rotatable bonds is 4. The molecule has 1 aliphatic carbocycles. The van der Waals surface area contributed by atoms with Crippen molar-refractivity contribution in [2.24, 2.45) is 5.92 Å². The fourth-order valence-electron chi connectivity index (χ4n) is 3.08. The maximum Gasteiger partial charge on any atom is 0.261 e. The lowest BCUT2D eigenvalue weighted by molar-refractivity contribution is 0.0942. The van der Waals surface area contributed by atoms with Crippen LogP contribution in [0.25, 0.3) is 11.3 Å². The van der Waals surface area contributed by atoms with Gasteiger partial charge in [0.15, 0.2) is 0 Å². The average Bonchev–Trinajstić information content (AvgIpc) is 2.61. The first-order valence-corrected chi connectivity index (χ1v) is 8.16. The molecule has 2 N–H and O–H groups in total. The molecule has 1 aliphatic rings. The molecule has 2 heterocycles. The predicted octanol–water partition coefficient (Wildman–Crippen LogP) is 2.75. The molecular formula is C18H21N3O2. The number of hydrogen-bond acceptors (Lipinski definition) is 3. The van der Waals surface area contributed by atoms with Crippen LogP contribution < -0.4 is 10.9 Å². The van der Waals surface area contributed by atoms with Crippen LogP contribution in [0.3, 0.4) is 0 Å². The first-order valence-electron chi connectivity index (χ1n) is 8.16. The first-order chi connectivity index (χ1) is 11.2. The van der Waals surface area contributed by atoms with E-state index in [1.54, 1.807) is 24.5 Å². The van der Waals surface area contributed by atoms with Crippen molar-refractivity contribution in [3.05, 3.63) is 52.6 Å². The van der Waals surface area contributed by atoms with Crippen LogP contribution in [0.2, 0.25) is 0 Å². The van der Waals surface area contributed by atoms with E-state index in [9.17, 15) is 9.59 Å². The topological polar surface area (TPSA) is 74.8 Å². The molecule has 1 amide bonds. The third kappa shape index (κ3) is 3.86. The van der Waals surface area contributed by atoms with Gasteiger partial charge < -0.3 is 10.3 Å². The van der Waals surface area contributed by atoms with E-state index < -0.39 is 0 Å². The van der Waals surface area contributed by atoms with E-state index in [0.29, 0.717) is 18.2 Å². The zero-order valence-corrected chi connectivity index (χ0v) is 13.0. The number of carbonyl (C=O) groups is 1. The molecule has 0 atom stereocenters. The molecule has 0 aromatic carbocycles. The largest absolute Gasteiger partial charge is 0.352 e. The van der Waals surface area contributed by atoms with E-state index >= 15 is 0 Å². The van der Waals surface area contributed by atoms with Crippen LogP contribution >= 0.6 is 0 Å². The van der Waals surface area contributed by atoms with Gasteiger partial charge in [-0.1, -0.05) is 19.3 Å². The van der Waals surface area contributed by atoms with Gasteiger partial charge in [0.25, 0.3) is 11.5 Å². The number of aromatic amines is 1. The van der Waals surface area contributed by atoms with Gasteiger partial charge in [0.1, 0.15) is 5.56 Å².